The molecule has 0 nitrogen and oxygen atoms in total. The van der Waals surface area contributed by atoms with Gasteiger partial charge >= 0.3 is 0 Å². The van der Waals surface area contributed by atoms with Crippen LogP contribution in [-0.4, -0.2) is 0 Å². The molecule has 3 aliphatic rings. The van der Waals surface area contributed by atoms with Crippen molar-refractivity contribution < 1.29 is 0 Å². The summed E-state index contributed by atoms with van der Waals surface area (Å²) < 4.78 is 0. The molecule has 0 spiro atoms. The highest BCUT2D eigenvalue weighted by Gasteiger charge is 2.57. The number of rotatable bonds is 2. The van der Waals surface area contributed by atoms with Gasteiger partial charge in [-0.05, 0) is 66.6 Å². The van der Waals surface area contributed by atoms with Gasteiger partial charge in [-0.15, -0.1) is 0 Å². The molecule has 86 valence electrons. The molecule has 8 atom stereocenters. The lowest BCUT2D eigenvalue weighted by Crippen LogP contribution is -2.46. The van der Waals surface area contributed by atoms with Crippen LogP contribution in [0.5, 0.6) is 0 Å². The highest BCUT2D eigenvalue weighted by Crippen LogP contribution is 2.63. The summed E-state index contributed by atoms with van der Waals surface area (Å²) >= 11 is 0. The lowest BCUT2D eigenvalue weighted by atomic mass is 9.54. The van der Waals surface area contributed by atoms with Crippen LogP contribution in [0.2, 0.25) is 0 Å². The number of fused-ring (bicyclic) bond motifs is 1. The molecule has 0 amide bonds. The van der Waals surface area contributed by atoms with Gasteiger partial charge in [0.15, 0.2) is 0 Å². The summed E-state index contributed by atoms with van der Waals surface area (Å²) in [4.78, 5) is 0. The van der Waals surface area contributed by atoms with Crippen molar-refractivity contribution in [1.82, 2.24) is 0 Å². The van der Waals surface area contributed by atoms with E-state index in [-0.39, 0.29) is 0 Å². The maximum atomic E-state index is 2.54. The number of hydrogen-bond acceptors (Lipinski definition) is 0. The van der Waals surface area contributed by atoms with Crippen LogP contribution in [0.15, 0.2) is 0 Å². The fourth-order valence-corrected chi connectivity index (χ4v) is 5.17. The van der Waals surface area contributed by atoms with Crippen LogP contribution in [0, 0.1) is 47.3 Å². The standard InChI is InChI=1S/C15H26/c1-8-6-12(8)7-13-11(4)14-9(2)5-10(3)15(13)14/h8-15H,5-7H2,1-4H3. The minimum Gasteiger partial charge on any atom is -0.0622 e. The van der Waals surface area contributed by atoms with Gasteiger partial charge in [0, 0.05) is 0 Å². The molecule has 0 aliphatic heterocycles. The Kier molecular flexibility index (Phi) is 2.20. The first-order chi connectivity index (χ1) is 7.09. The van der Waals surface area contributed by atoms with Crippen molar-refractivity contribution in [3.63, 3.8) is 0 Å². The van der Waals surface area contributed by atoms with Crippen LogP contribution in [0.3, 0.4) is 0 Å². The smallest absolute Gasteiger partial charge is 0.0324 e. The summed E-state index contributed by atoms with van der Waals surface area (Å²) in [7, 11) is 0. The Hall–Kier alpha value is 0. The Bertz CT molecular complexity index is 257. The first-order valence-electron chi connectivity index (χ1n) is 7.09. The zero-order valence-electron chi connectivity index (χ0n) is 10.7. The molecule has 0 radical (unpaired) electrons. The molecule has 8 unspecified atom stereocenters. The molecule has 0 bridgehead atoms. The summed E-state index contributed by atoms with van der Waals surface area (Å²) in [5.74, 6) is 8.58. The second kappa shape index (κ2) is 3.25. The molecule has 3 saturated carbocycles. The Labute approximate surface area is 94.8 Å². The highest BCUT2D eigenvalue weighted by atomic mass is 14.6. The molecular formula is C15H26. The summed E-state index contributed by atoms with van der Waals surface area (Å²) in [6.07, 6.45) is 4.61. The van der Waals surface area contributed by atoms with E-state index >= 15 is 0 Å². The van der Waals surface area contributed by atoms with Crippen LogP contribution in [0.4, 0.5) is 0 Å². The SMILES string of the molecule is CC1CC1CC1C(C)C2C(C)CC(C)C12. The van der Waals surface area contributed by atoms with E-state index in [2.05, 4.69) is 27.7 Å². The number of hydrogen-bond donors (Lipinski definition) is 0. The largest absolute Gasteiger partial charge is 0.0622 e. The van der Waals surface area contributed by atoms with Crippen LogP contribution in [0.25, 0.3) is 0 Å². The Morgan fingerprint density at radius 2 is 1.40 bits per heavy atom. The van der Waals surface area contributed by atoms with Gasteiger partial charge in [0.1, 0.15) is 0 Å². The van der Waals surface area contributed by atoms with Crippen molar-refractivity contribution in [2.75, 3.05) is 0 Å². The summed E-state index contributed by atoms with van der Waals surface area (Å²) in [6, 6.07) is 0. The van der Waals surface area contributed by atoms with E-state index in [4.69, 9.17) is 0 Å². The van der Waals surface area contributed by atoms with Gasteiger partial charge in [-0.2, -0.15) is 0 Å². The topological polar surface area (TPSA) is 0 Å². The third kappa shape index (κ3) is 1.40. The van der Waals surface area contributed by atoms with Crippen molar-refractivity contribution >= 4 is 0 Å². The Morgan fingerprint density at radius 1 is 0.800 bits per heavy atom. The predicted octanol–water partition coefficient (Wildman–Crippen LogP) is 4.21. The third-order valence-corrected chi connectivity index (χ3v) is 6.13. The van der Waals surface area contributed by atoms with Gasteiger partial charge in [0.05, 0.1) is 0 Å². The fraction of sp³-hybridized carbons (Fsp3) is 1.00. The summed E-state index contributed by atoms with van der Waals surface area (Å²) in [5, 5.41) is 0. The molecular weight excluding hydrogens is 180 g/mol. The third-order valence-electron chi connectivity index (χ3n) is 6.13. The minimum atomic E-state index is 1.02. The van der Waals surface area contributed by atoms with Gasteiger partial charge in [-0.1, -0.05) is 27.7 Å². The molecule has 0 aromatic carbocycles. The monoisotopic (exact) mass is 206 g/mol. The van der Waals surface area contributed by atoms with E-state index in [1.54, 1.807) is 6.42 Å². The summed E-state index contributed by atoms with van der Waals surface area (Å²) in [5.41, 5.74) is 0. The molecule has 3 aliphatic carbocycles. The molecule has 0 heteroatoms. The highest BCUT2D eigenvalue weighted by molar-refractivity contribution is 5.05. The summed E-state index contributed by atoms with van der Waals surface area (Å²) in [6.45, 7) is 9.98. The first kappa shape index (κ1) is 10.2. The van der Waals surface area contributed by atoms with Crippen molar-refractivity contribution in [1.29, 1.82) is 0 Å². The van der Waals surface area contributed by atoms with Crippen LogP contribution < -0.4 is 0 Å². The quantitative estimate of drug-likeness (QED) is 0.635. The van der Waals surface area contributed by atoms with Crippen LogP contribution >= 0.6 is 0 Å². The first-order valence-corrected chi connectivity index (χ1v) is 7.09. The second-order valence-corrected chi connectivity index (χ2v) is 7.08. The lowest BCUT2D eigenvalue weighted by Gasteiger charge is -2.51. The van der Waals surface area contributed by atoms with Crippen molar-refractivity contribution in [2.45, 2.75) is 47.0 Å². The molecule has 3 rings (SSSR count). The Balaban J connectivity index is 1.66. The van der Waals surface area contributed by atoms with E-state index in [9.17, 15) is 0 Å². The predicted molar refractivity (Wildman–Crippen MR) is 64.5 cm³/mol. The van der Waals surface area contributed by atoms with E-state index < -0.39 is 0 Å². The molecule has 3 fully saturated rings. The fourth-order valence-electron chi connectivity index (χ4n) is 5.17. The van der Waals surface area contributed by atoms with Gasteiger partial charge in [0.25, 0.3) is 0 Å². The van der Waals surface area contributed by atoms with E-state index in [1.165, 1.54) is 12.8 Å². The molecule has 0 N–H and O–H groups in total. The molecule has 0 aromatic heterocycles. The van der Waals surface area contributed by atoms with Gasteiger partial charge in [-0.25, -0.2) is 0 Å². The lowest BCUT2D eigenvalue weighted by molar-refractivity contribution is -0.0314. The molecule has 0 heterocycles. The zero-order chi connectivity index (χ0) is 10.7. The van der Waals surface area contributed by atoms with Crippen LogP contribution in [-0.2, 0) is 0 Å². The second-order valence-electron chi connectivity index (χ2n) is 7.08. The van der Waals surface area contributed by atoms with Gasteiger partial charge in [0.2, 0.25) is 0 Å². The van der Waals surface area contributed by atoms with E-state index in [0.717, 1.165) is 47.3 Å². The maximum Gasteiger partial charge on any atom is -0.0324 e. The van der Waals surface area contributed by atoms with Crippen molar-refractivity contribution in [3.8, 4) is 0 Å². The van der Waals surface area contributed by atoms with Crippen molar-refractivity contribution in [2.24, 2.45) is 47.3 Å². The average molecular weight is 206 g/mol. The van der Waals surface area contributed by atoms with Crippen molar-refractivity contribution in [3.05, 3.63) is 0 Å². The van der Waals surface area contributed by atoms with Gasteiger partial charge < -0.3 is 0 Å². The molecule has 15 heavy (non-hydrogen) atoms. The maximum absolute atomic E-state index is 2.54. The molecule has 0 aromatic rings. The Morgan fingerprint density at radius 3 is 2.00 bits per heavy atom. The normalized spacial score (nSPS) is 62.4. The zero-order valence-corrected chi connectivity index (χ0v) is 10.7. The van der Waals surface area contributed by atoms with Gasteiger partial charge in [-0.3, -0.25) is 0 Å². The minimum absolute atomic E-state index is 1.02. The average Bonchev–Trinajstić information content (AvgIpc) is 2.78. The van der Waals surface area contributed by atoms with E-state index in [1.807, 2.05) is 0 Å². The van der Waals surface area contributed by atoms with Crippen LogP contribution in [0.1, 0.15) is 47.0 Å². The van der Waals surface area contributed by atoms with E-state index in [0.29, 0.717) is 0 Å². The molecule has 0 saturated heterocycles.